The van der Waals surface area contributed by atoms with Gasteiger partial charge >= 0.3 is 0 Å². The highest BCUT2D eigenvalue weighted by Crippen LogP contribution is 2.40. The number of sulfone groups is 1. The average molecular weight is 709 g/mol. The number of fused-ring (bicyclic) bond motifs is 8. The Morgan fingerprint density at radius 3 is 2.61 bits per heavy atom. The van der Waals surface area contributed by atoms with E-state index in [4.69, 9.17) is 10.1 Å². The fourth-order valence-corrected chi connectivity index (χ4v) is 10.4. The summed E-state index contributed by atoms with van der Waals surface area (Å²) in [6.07, 6.45) is 3.33. The van der Waals surface area contributed by atoms with E-state index in [-0.39, 0.29) is 39.1 Å². The van der Waals surface area contributed by atoms with Crippen LogP contribution in [0.5, 0.6) is 0 Å². The van der Waals surface area contributed by atoms with Gasteiger partial charge in [0.2, 0.25) is 0 Å². The summed E-state index contributed by atoms with van der Waals surface area (Å²) in [6.45, 7) is 7.63. The van der Waals surface area contributed by atoms with Crippen LogP contribution in [0, 0.1) is 17.0 Å². The number of H-pyrrole nitrogens is 1. The molecule has 0 spiro atoms. The van der Waals surface area contributed by atoms with Crippen LogP contribution in [-0.2, 0) is 46.3 Å². The standard InChI is InChI=1S/C37H42F2N4O4S2/c1-23(44)18-24-8-6-9-25(19-24)37(4)15-7-14-36(2,3)22-49(46,47)17-13-28-27-12-16-40-32(27)21-31(39)33(28)48(45)26-10-11-30(38)29(20-26)34-41-35(37)42-43(34)5/h6,8-12,16,19-21,23,40,44H,7,13-15,17-18,22H2,1-5H3/t23-,37-,48?/m1/s1. The van der Waals surface area contributed by atoms with Gasteiger partial charge in [0, 0.05) is 53.0 Å². The maximum absolute atomic E-state index is 15.8. The van der Waals surface area contributed by atoms with E-state index in [2.05, 4.69) is 4.98 Å². The van der Waals surface area contributed by atoms with Gasteiger partial charge in [0.1, 0.15) is 5.82 Å². The highest BCUT2D eigenvalue weighted by atomic mass is 32.2. The van der Waals surface area contributed by atoms with Crippen LogP contribution in [0.15, 0.2) is 70.6 Å². The normalized spacial score (nSPS) is 21.9. The fourth-order valence-electron chi connectivity index (χ4n) is 7.12. The van der Waals surface area contributed by atoms with Crippen LogP contribution in [-0.4, -0.2) is 55.4 Å². The second-order valence-corrected chi connectivity index (χ2v) is 17.9. The van der Waals surface area contributed by atoms with Crippen molar-refractivity contribution in [3.8, 4) is 11.4 Å². The van der Waals surface area contributed by atoms with E-state index in [0.717, 1.165) is 11.1 Å². The molecule has 3 atom stereocenters. The van der Waals surface area contributed by atoms with Crippen molar-refractivity contribution >= 4 is 31.9 Å². The summed E-state index contributed by atoms with van der Waals surface area (Å²) >= 11 is -2.12. The molecule has 1 unspecified atom stereocenters. The molecular weight excluding hydrogens is 667 g/mol. The number of benzene rings is 3. The molecule has 6 rings (SSSR count). The number of aliphatic hydroxyl groups is 1. The number of aromatic nitrogens is 4. The van der Waals surface area contributed by atoms with Crippen molar-refractivity contribution in [2.45, 2.75) is 81.1 Å². The van der Waals surface area contributed by atoms with Crippen molar-refractivity contribution in [2.75, 3.05) is 11.5 Å². The van der Waals surface area contributed by atoms with Gasteiger partial charge in [-0.25, -0.2) is 26.9 Å². The number of nitrogens with one attached hydrogen (secondary N) is 1. The molecule has 260 valence electrons. The van der Waals surface area contributed by atoms with E-state index in [0.29, 0.717) is 48.0 Å². The smallest absolute Gasteiger partial charge is 0.198 e. The third-order valence-corrected chi connectivity index (χ3v) is 13.1. The monoisotopic (exact) mass is 708 g/mol. The van der Waals surface area contributed by atoms with Crippen LogP contribution >= 0.6 is 0 Å². The van der Waals surface area contributed by atoms with Crippen LogP contribution in [0.25, 0.3) is 22.3 Å². The first-order valence-electron chi connectivity index (χ1n) is 16.5. The van der Waals surface area contributed by atoms with Crippen molar-refractivity contribution in [2.24, 2.45) is 12.5 Å². The number of halogens is 2. The van der Waals surface area contributed by atoms with E-state index < -0.39 is 49.6 Å². The van der Waals surface area contributed by atoms with Crippen LogP contribution in [0.4, 0.5) is 8.78 Å². The minimum absolute atomic E-state index is 0.0346. The number of hydrogen-bond acceptors (Lipinski definition) is 6. The van der Waals surface area contributed by atoms with Crippen LogP contribution in [0.2, 0.25) is 0 Å². The fraction of sp³-hybridized carbons (Fsp3) is 0.405. The summed E-state index contributed by atoms with van der Waals surface area (Å²) in [7, 11) is -1.95. The third-order valence-electron chi connectivity index (χ3n) is 9.60. The summed E-state index contributed by atoms with van der Waals surface area (Å²) < 4.78 is 74.5. The molecule has 3 aromatic carbocycles. The Morgan fingerprint density at radius 1 is 1.08 bits per heavy atom. The first-order valence-corrected chi connectivity index (χ1v) is 19.4. The SMILES string of the molecule is C[C@@H](O)Cc1cccc([C@@]2(C)CCCC(C)(C)CS(=O)(=O)CCc3c(c(F)cc4[nH]ccc34)[S+]([O-])c3ccc(F)c(c3)-c3nc2nn3C)c1. The lowest BCUT2D eigenvalue weighted by Crippen LogP contribution is -2.29. The molecule has 0 radical (unpaired) electrons. The summed E-state index contributed by atoms with van der Waals surface area (Å²) in [5.41, 5.74) is 1.40. The van der Waals surface area contributed by atoms with Gasteiger partial charge in [0.15, 0.2) is 37.1 Å². The third kappa shape index (κ3) is 7.19. The Hall–Kier alpha value is -3.58. The Morgan fingerprint density at radius 2 is 1.86 bits per heavy atom. The van der Waals surface area contributed by atoms with Crippen molar-refractivity contribution in [3.63, 3.8) is 0 Å². The molecule has 0 saturated carbocycles. The van der Waals surface area contributed by atoms with Crippen molar-refractivity contribution < 1.29 is 26.9 Å². The molecule has 5 aromatic rings. The molecule has 4 bridgehead atoms. The number of aromatic amines is 1. The van der Waals surface area contributed by atoms with Gasteiger partial charge in [-0.15, -0.1) is 0 Å². The Balaban J connectivity index is 1.54. The summed E-state index contributed by atoms with van der Waals surface area (Å²) in [5.74, 6) is -0.985. The quantitative estimate of drug-likeness (QED) is 0.199. The molecule has 0 fully saturated rings. The number of aryl methyl sites for hydroxylation is 2. The number of hydrogen-bond donors (Lipinski definition) is 2. The van der Waals surface area contributed by atoms with Gasteiger partial charge in [-0.1, -0.05) is 44.5 Å². The van der Waals surface area contributed by atoms with E-state index >= 15 is 8.78 Å². The van der Waals surface area contributed by atoms with Gasteiger partial charge in [-0.05, 0) is 74.3 Å². The predicted octanol–water partition coefficient (Wildman–Crippen LogP) is 6.81. The molecule has 0 saturated heterocycles. The molecule has 1 aliphatic rings. The first-order chi connectivity index (χ1) is 23.1. The topological polar surface area (TPSA) is 124 Å². The van der Waals surface area contributed by atoms with Gasteiger partial charge < -0.3 is 14.6 Å². The zero-order valence-electron chi connectivity index (χ0n) is 28.4. The predicted molar refractivity (Wildman–Crippen MR) is 188 cm³/mol. The molecular formula is C37H42F2N4O4S2. The lowest BCUT2D eigenvalue weighted by molar-refractivity contribution is 0.195. The zero-order valence-corrected chi connectivity index (χ0v) is 30.0. The van der Waals surface area contributed by atoms with Crippen molar-refractivity contribution in [1.82, 2.24) is 19.7 Å². The molecule has 8 nitrogen and oxygen atoms in total. The molecule has 12 heteroatoms. The second-order valence-electron chi connectivity index (χ2n) is 14.3. The molecule has 1 aliphatic heterocycles. The minimum Gasteiger partial charge on any atom is -0.606 e. The second kappa shape index (κ2) is 13.3. The molecule has 2 aromatic heterocycles. The molecule has 0 amide bonds. The number of aliphatic hydroxyl groups excluding tert-OH is 1. The maximum Gasteiger partial charge on any atom is 0.198 e. The Kier molecular flexibility index (Phi) is 9.55. The minimum atomic E-state index is -3.62. The van der Waals surface area contributed by atoms with Crippen LogP contribution in [0.3, 0.4) is 0 Å². The molecule has 3 heterocycles. The van der Waals surface area contributed by atoms with Gasteiger partial charge in [0.25, 0.3) is 0 Å². The number of nitrogens with zero attached hydrogens (tertiary/aromatic N) is 3. The van der Waals surface area contributed by atoms with E-state index in [1.807, 2.05) is 45.0 Å². The number of rotatable bonds is 3. The van der Waals surface area contributed by atoms with E-state index in [9.17, 15) is 18.1 Å². The summed E-state index contributed by atoms with van der Waals surface area (Å²) in [4.78, 5) is 7.90. The molecule has 2 N–H and O–H groups in total. The first kappa shape index (κ1) is 35.3. The highest BCUT2D eigenvalue weighted by Gasteiger charge is 2.37. The van der Waals surface area contributed by atoms with E-state index in [1.54, 1.807) is 26.2 Å². The summed E-state index contributed by atoms with van der Waals surface area (Å²) in [6, 6.07) is 14.8. The van der Waals surface area contributed by atoms with Gasteiger partial charge in [-0.3, -0.25) is 0 Å². The largest absolute Gasteiger partial charge is 0.606 e. The zero-order chi connectivity index (χ0) is 35.3. The van der Waals surface area contributed by atoms with Crippen LogP contribution in [0.1, 0.15) is 69.5 Å². The molecule has 49 heavy (non-hydrogen) atoms. The van der Waals surface area contributed by atoms with Crippen LogP contribution < -0.4 is 0 Å². The van der Waals surface area contributed by atoms with E-state index in [1.165, 1.54) is 28.9 Å². The van der Waals surface area contributed by atoms with Gasteiger partial charge in [0.05, 0.1) is 28.6 Å². The van der Waals surface area contributed by atoms with Crippen molar-refractivity contribution in [1.29, 1.82) is 0 Å². The lowest BCUT2D eigenvalue weighted by Gasteiger charge is -2.31. The summed E-state index contributed by atoms with van der Waals surface area (Å²) in [5, 5.41) is 15.5. The highest BCUT2D eigenvalue weighted by molar-refractivity contribution is 7.92. The van der Waals surface area contributed by atoms with Crippen molar-refractivity contribution in [3.05, 3.63) is 94.9 Å². The maximum atomic E-state index is 15.8. The average Bonchev–Trinajstić information content (AvgIpc) is 3.65. The molecule has 0 aliphatic carbocycles. The lowest BCUT2D eigenvalue weighted by atomic mass is 9.75. The Labute approximate surface area is 289 Å². The Bertz CT molecular complexity index is 2130. The van der Waals surface area contributed by atoms with Gasteiger partial charge in [-0.2, -0.15) is 5.10 Å².